The SMILES string of the molecule is CC(C)C(C(=O)NCCOc1cccc(F)c1)N1CCCS1(=O)=O. The third-order valence-corrected chi connectivity index (χ3v) is 5.74. The molecule has 8 heteroatoms. The number of sulfonamides is 1. The Morgan fingerprint density at radius 3 is 2.75 bits per heavy atom. The van der Waals surface area contributed by atoms with Crippen LogP contribution in [0.15, 0.2) is 24.3 Å². The lowest BCUT2D eigenvalue weighted by Gasteiger charge is -2.28. The Morgan fingerprint density at radius 1 is 1.42 bits per heavy atom. The fourth-order valence-electron chi connectivity index (χ4n) is 2.74. The van der Waals surface area contributed by atoms with Gasteiger partial charge in [-0.15, -0.1) is 0 Å². The molecule has 1 unspecified atom stereocenters. The summed E-state index contributed by atoms with van der Waals surface area (Å²) in [5, 5.41) is 2.70. The van der Waals surface area contributed by atoms with Crippen molar-refractivity contribution in [2.75, 3.05) is 25.4 Å². The molecule has 1 aliphatic heterocycles. The van der Waals surface area contributed by atoms with Gasteiger partial charge < -0.3 is 10.1 Å². The number of ether oxygens (including phenoxy) is 1. The summed E-state index contributed by atoms with van der Waals surface area (Å²) in [6, 6.07) is 5.02. The van der Waals surface area contributed by atoms with Crippen molar-refractivity contribution < 1.29 is 22.3 Å². The molecule has 0 saturated carbocycles. The highest BCUT2D eigenvalue weighted by Crippen LogP contribution is 2.22. The zero-order valence-electron chi connectivity index (χ0n) is 13.9. The first kappa shape index (κ1) is 18.7. The Kier molecular flexibility index (Phi) is 6.17. The lowest BCUT2D eigenvalue weighted by atomic mass is 10.0. The topological polar surface area (TPSA) is 75.7 Å². The monoisotopic (exact) mass is 358 g/mol. The summed E-state index contributed by atoms with van der Waals surface area (Å²) >= 11 is 0. The predicted octanol–water partition coefficient (Wildman–Crippen LogP) is 1.38. The van der Waals surface area contributed by atoms with E-state index in [1.54, 1.807) is 6.07 Å². The van der Waals surface area contributed by atoms with E-state index in [2.05, 4.69) is 5.32 Å². The van der Waals surface area contributed by atoms with Crippen LogP contribution in [0.5, 0.6) is 5.75 Å². The lowest BCUT2D eigenvalue weighted by molar-refractivity contribution is -0.126. The highest BCUT2D eigenvalue weighted by molar-refractivity contribution is 7.89. The molecule has 1 aromatic rings. The van der Waals surface area contributed by atoms with Crippen molar-refractivity contribution in [3.8, 4) is 5.75 Å². The maximum Gasteiger partial charge on any atom is 0.238 e. The Balaban J connectivity index is 1.87. The van der Waals surface area contributed by atoms with Gasteiger partial charge in [-0.05, 0) is 24.5 Å². The largest absolute Gasteiger partial charge is 0.492 e. The maximum absolute atomic E-state index is 13.0. The molecule has 1 fully saturated rings. The number of halogens is 1. The molecular weight excluding hydrogens is 335 g/mol. The van der Waals surface area contributed by atoms with Gasteiger partial charge in [-0.3, -0.25) is 4.79 Å². The molecule has 0 aliphatic carbocycles. The second-order valence-corrected chi connectivity index (χ2v) is 8.11. The minimum Gasteiger partial charge on any atom is -0.492 e. The van der Waals surface area contributed by atoms with Gasteiger partial charge in [0, 0.05) is 12.6 Å². The van der Waals surface area contributed by atoms with E-state index in [4.69, 9.17) is 4.74 Å². The van der Waals surface area contributed by atoms with E-state index in [-0.39, 0.29) is 30.7 Å². The minimum absolute atomic E-state index is 0.0895. The van der Waals surface area contributed by atoms with E-state index >= 15 is 0 Å². The van der Waals surface area contributed by atoms with Crippen molar-refractivity contribution >= 4 is 15.9 Å². The smallest absolute Gasteiger partial charge is 0.238 e. The Morgan fingerprint density at radius 2 is 2.17 bits per heavy atom. The molecule has 6 nitrogen and oxygen atoms in total. The van der Waals surface area contributed by atoms with E-state index in [1.807, 2.05) is 13.8 Å². The molecule has 1 aromatic carbocycles. The average Bonchev–Trinajstić information content (AvgIpc) is 2.83. The third-order valence-electron chi connectivity index (χ3n) is 3.81. The second-order valence-electron chi connectivity index (χ2n) is 6.07. The van der Waals surface area contributed by atoms with Crippen LogP contribution in [0, 0.1) is 11.7 Å². The molecule has 1 aliphatic rings. The van der Waals surface area contributed by atoms with Gasteiger partial charge in [0.15, 0.2) is 0 Å². The van der Waals surface area contributed by atoms with Crippen LogP contribution in [0.25, 0.3) is 0 Å². The predicted molar refractivity (Wildman–Crippen MR) is 88.6 cm³/mol. The van der Waals surface area contributed by atoms with Crippen LogP contribution in [-0.2, 0) is 14.8 Å². The molecule has 2 rings (SSSR count). The van der Waals surface area contributed by atoms with Gasteiger partial charge in [0.2, 0.25) is 15.9 Å². The molecular formula is C16H23FN2O4S. The Hall–Kier alpha value is -1.67. The molecule has 0 aromatic heterocycles. The molecule has 1 atom stereocenters. The van der Waals surface area contributed by atoms with Crippen LogP contribution in [0.3, 0.4) is 0 Å². The first-order valence-corrected chi connectivity index (χ1v) is 9.58. The first-order valence-electron chi connectivity index (χ1n) is 7.97. The number of nitrogens with zero attached hydrogens (tertiary/aromatic N) is 1. The van der Waals surface area contributed by atoms with E-state index < -0.39 is 21.9 Å². The van der Waals surface area contributed by atoms with Crippen LogP contribution in [-0.4, -0.2) is 50.1 Å². The highest BCUT2D eigenvalue weighted by Gasteiger charge is 2.39. The normalized spacial score (nSPS) is 18.5. The van der Waals surface area contributed by atoms with Crippen LogP contribution in [0.2, 0.25) is 0 Å². The Labute approximate surface area is 142 Å². The zero-order chi connectivity index (χ0) is 17.7. The number of rotatable bonds is 7. The molecule has 0 bridgehead atoms. The van der Waals surface area contributed by atoms with Gasteiger partial charge in [0.25, 0.3) is 0 Å². The van der Waals surface area contributed by atoms with Crippen molar-refractivity contribution in [3.05, 3.63) is 30.1 Å². The number of hydrogen-bond acceptors (Lipinski definition) is 4. The van der Waals surface area contributed by atoms with E-state index in [9.17, 15) is 17.6 Å². The summed E-state index contributed by atoms with van der Waals surface area (Å²) in [6.07, 6.45) is 0.543. The molecule has 0 spiro atoms. The summed E-state index contributed by atoms with van der Waals surface area (Å²) in [5.74, 6) is -0.394. The van der Waals surface area contributed by atoms with Gasteiger partial charge in [-0.2, -0.15) is 4.31 Å². The van der Waals surface area contributed by atoms with Crippen LogP contribution in [0.1, 0.15) is 20.3 Å². The highest BCUT2D eigenvalue weighted by atomic mass is 32.2. The van der Waals surface area contributed by atoms with E-state index in [0.29, 0.717) is 18.7 Å². The average molecular weight is 358 g/mol. The second kappa shape index (κ2) is 7.94. The molecule has 0 radical (unpaired) electrons. The number of hydrogen-bond donors (Lipinski definition) is 1. The van der Waals surface area contributed by atoms with Crippen LogP contribution >= 0.6 is 0 Å². The third kappa shape index (κ3) is 4.67. The summed E-state index contributed by atoms with van der Waals surface area (Å²) in [4.78, 5) is 12.4. The minimum atomic E-state index is -3.36. The number of benzene rings is 1. The van der Waals surface area contributed by atoms with Crippen molar-refractivity contribution in [1.29, 1.82) is 0 Å². The number of nitrogens with one attached hydrogen (secondary N) is 1. The first-order chi connectivity index (χ1) is 11.3. The Bertz CT molecular complexity index is 678. The van der Waals surface area contributed by atoms with Gasteiger partial charge in [-0.1, -0.05) is 19.9 Å². The molecule has 1 heterocycles. The molecule has 24 heavy (non-hydrogen) atoms. The van der Waals surface area contributed by atoms with Crippen molar-refractivity contribution in [3.63, 3.8) is 0 Å². The summed E-state index contributed by atoms with van der Waals surface area (Å²) in [7, 11) is -3.36. The van der Waals surface area contributed by atoms with Crippen molar-refractivity contribution in [2.24, 2.45) is 5.92 Å². The van der Waals surface area contributed by atoms with Gasteiger partial charge in [0.05, 0.1) is 12.3 Å². The fourth-order valence-corrected chi connectivity index (χ4v) is 4.56. The number of carbonyl (C=O) groups excluding carboxylic acids is 1. The van der Waals surface area contributed by atoms with E-state index in [1.165, 1.54) is 22.5 Å². The van der Waals surface area contributed by atoms with Crippen molar-refractivity contribution in [1.82, 2.24) is 9.62 Å². The zero-order valence-corrected chi connectivity index (χ0v) is 14.7. The molecule has 134 valence electrons. The van der Waals surface area contributed by atoms with Gasteiger partial charge in [-0.25, -0.2) is 12.8 Å². The molecule has 1 saturated heterocycles. The van der Waals surface area contributed by atoms with Crippen LogP contribution < -0.4 is 10.1 Å². The maximum atomic E-state index is 13.0. The van der Waals surface area contributed by atoms with Gasteiger partial charge >= 0.3 is 0 Å². The number of amides is 1. The summed E-state index contributed by atoms with van der Waals surface area (Å²) in [5.41, 5.74) is 0. The molecule has 1 amide bonds. The van der Waals surface area contributed by atoms with Gasteiger partial charge in [0.1, 0.15) is 24.2 Å². The van der Waals surface area contributed by atoms with Crippen molar-refractivity contribution in [2.45, 2.75) is 26.3 Å². The van der Waals surface area contributed by atoms with E-state index in [0.717, 1.165) is 0 Å². The summed E-state index contributed by atoms with van der Waals surface area (Å²) in [6.45, 7) is 4.40. The quantitative estimate of drug-likeness (QED) is 0.747. The standard InChI is InChI=1S/C16H23FN2O4S/c1-12(2)15(19-8-4-10-24(19,21)22)16(20)18-7-9-23-14-6-3-5-13(17)11-14/h3,5-6,11-12,15H,4,7-10H2,1-2H3,(H,18,20). The lowest BCUT2D eigenvalue weighted by Crippen LogP contribution is -2.51. The fraction of sp³-hybridized carbons (Fsp3) is 0.562. The van der Waals surface area contributed by atoms with Crippen LogP contribution in [0.4, 0.5) is 4.39 Å². The summed E-state index contributed by atoms with van der Waals surface area (Å²) < 4.78 is 43.8. The molecule has 1 N–H and O–H groups in total. The number of carbonyl (C=O) groups is 1.